The van der Waals surface area contributed by atoms with Gasteiger partial charge in [-0.25, -0.2) is 4.31 Å². The van der Waals surface area contributed by atoms with Gasteiger partial charge < -0.3 is 5.32 Å². The molecule has 26 heavy (non-hydrogen) atoms. The number of carbonyl (C=O) groups is 2. The number of para-hydroxylation sites is 1. The van der Waals surface area contributed by atoms with Crippen molar-refractivity contribution in [3.05, 3.63) is 60.2 Å². The minimum Gasteiger partial charge on any atom is -0.325 e. The summed E-state index contributed by atoms with van der Waals surface area (Å²) in [7, 11) is -1.02. The molecule has 1 N–H and O–H groups in total. The van der Waals surface area contributed by atoms with Crippen molar-refractivity contribution >= 4 is 33.3 Å². The van der Waals surface area contributed by atoms with Crippen molar-refractivity contribution in [3.63, 3.8) is 0 Å². The van der Waals surface area contributed by atoms with Crippen molar-refractivity contribution in [3.8, 4) is 0 Å². The molecule has 8 heteroatoms. The Morgan fingerprint density at radius 3 is 2.04 bits per heavy atom. The van der Waals surface area contributed by atoms with Crippen LogP contribution in [0.4, 0.5) is 11.4 Å². The van der Waals surface area contributed by atoms with E-state index < -0.39 is 16.1 Å². The summed E-state index contributed by atoms with van der Waals surface area (Å²) >= 11 is 0. The third-order valence-corrected chi connectivity index (χ3v) is 5.47. The Morgan fingerprint density at radius 2 is 1.54 bits per heavy atom. The average Bonchev–Trinajstić information content (AvgIpc) is 2.60. The van der Waals surface area contributed by atoms with Crippen molar-refractivity contribution in [1.29, 1.82) is 0 Å². The second kappa shape index (κ2) is 8.11. The average molecular weight is 375 g/mol. The minimum atomic E-state index is -3.84. The number of nitrogens with zero attached hydrogens (tertiary/aromatic N) is 2. The van der Waals surface area contributed by atoms with Gasteiger partial charge in [-0.05, 0) is 43.3 Å². The summed E-state index contributed by atoms with van der Waals surface area (Å²) in [6, 6.07) is 14.8. The Bertz CT molecular complexity index is 878. The molecule has 0 saturated heterocycles. The van der Waals surface area contributed by atoms with Gasteiger partial charge in [-0.15, -0.1) is 0 Å². The highest BCUT2D eigenvalue weighted by Crippen LogP contribution is 2.19. The molecule has 0 aliphatic heterocycles. The van der Waals surface area contributed by atoms with Gasteiger partial charge in [-0.3, -0.25) is 9.59 Å². The van der Waals surface area contributed by atoms with Crippen LogP contribution in [-0.2, 0) is 15.0 Å². The van der Waals surface area contributed by atoms with Gasteiger partial charge in [-0.2, -0.15) is 12.7 Å². The lowest BCUT2D eigenvalue weighted by Gasteiger charge is -2.26. The molecule has 0 spiro atoms. The van der Waals surface area contributed by atoms with E-state index >= 15 is 0 Å². The van der Waals surface area contributed by atoms with Gasteiger partial charge in [0.15, 0.2) is 5.78 Å². The van der Waals surface area contributed by atoms with Crippen LogP contribution in [0.2, 0.25) is 0 Å². The molecule has 7 nitrogen and oxygen atoms in total. The molecule has 2 aromatic rings. The maximum Gasteiger partial charge on any atom is 0.304 e. The lowest BCUT2D eigenvalue weighted by molar-refractivity contribution is -0.114. The van der Waals surface area contributed by atoms with Crippen LogP contribution < -0.4 is 9.62 Å². The third kappa shape index (κ3) is 4.68. The van der Waals surface area contributed by atoms with Crippen LogP contribution in [0.5, 0.6) is 0 Å². The number of Topliss-reactive ketones (excluding diaryl/α,β-unsaturated/α-hetero) is 1. The molecule has 0 unspecified atom stereocenters. The molecule has 2 aromatic carbocycles. The van der Waals surface area contributed by atoms with Gasteiger partial charge in [0.05, 0.1) is 5.69 Å². The molecule has 0 bridgehead atoms. The first-order valence-corrected chi connectivity index (χ1v) is 9.27. The zero-order valence-electron chi connectivity index (χ0n) is 14.8. The van der Waals surface area contributed by atoms with Gasteiger partial charge in [0.1, 0.15) is 6.54 Å². The molecule has 138 valence electrons. The Kier molecular flexibility index (Phi) is 6.12. The molecule has 0 aromatic heterocycles. The highest BCUT2D eigenvalue weighted by molar-refractivity contribution is 7.90. The number of rotatable bonds is 7. The van der Waals surface area contributed by atoms with Crippen molar-refractivity contribution < 1.29 is 18.0 Å². The highest BCUT2D eigenvalue weighted by atomic mass is 32.2. The van der Waals surface area contributed by atoms with E-state index in [1.54, 1.807) is 54.6 Å². The van der Waals surface area contributed by atoms with Crippen LogP contribution in [0.25, 0.3) is 0 Å². The van der Waals surface area contributed by atoms with Crippen molar-refractivity contribution in [2.24, 2.45) is 0 Å². The van der Waals surface area contributed by atoms with Crippen LogP contribution in [-0.4, -0.2) is 45.1 Å². The van der Waals surface area contributed by atoms with E-state index in [2.05, 4.69) is 5.32 Å². The summed E-state index contributed by atoms with van der Waals surface area (Å²) in [4.78, 5) is 23.7. The van der Waals surface area contributed by atoms with E-state index in [-0.39, 0.29) is 12.3 Å². The molecule has 0 saturated carbocycles. The molecule has 0 heterocycles. The monoisotopic (exact) mass is 375 g/mol. The SMILES string of the molecule is CC(=O)c1ccc(NC(=O)CN(c2ccccc2)S(=O)(=O)N(C)C)cc1. The largest absolute Gasteiger partial charge is 0.325 e. The molecule has 0 fully saturated rings. The summed E-state index contributed by atoms with van der Waals surface area (Å²) in [6.45, 7) is 1.08. The van der Waals surface area contributed by atoms with Crippen molar-refractivity contribution in [2.45, 2.75) is 6.92 Å². The zero-order valence-corrected chi connectivity index (χ0v) is 15.7. The maximum absolute atomic E-state index is 12.6. The Hall–Kier alpha value is -2.71. The second-order valence-corrected chi connectivity index (χ2v) is 7.88. The van der Waals surface area contributed by atoms with Crippen LogP contribution in [0.3, 0.4) is 0 Å². The van der Waals surface area contributed by atoms with E-state index in [0.29, 0.717) is 16.9 Å². The fourth-order valence-corrected chi connectivity index (χ4v) is 3.28. The van der Waals surface area contributed by atoms with Gasteiger partial charge in [-0.1, -0.05) is 18.2 Å². The molecule has 0 aliphatic rings. The van der Waals surface area contributed by atoms with Crippen molar-refractivity contribution in [2.75, 3.05) is 30.3 Å². The van der Waals surface area contributed by atoms with Gasteiger partial charge in [0.2, 0.25) is 5.91 Å². The number of benzene rings is 2. The Morgan fingerprint density at radius 1 is 0.962 bits per heavy atom. The number of carbonyl (C=O) groups excluding carboxylic acids is 2. The van der Waals surface area contributed by atoms with Crippen LogP contribution >= 0.6 is 0 Å². The highest BCUT2D eigenvalue weighted by Gasteiger charge is 2.27. The number of hydrogen-bond donors (Lipinski definition) is 1. The first kappa shape index (κ1) is 19.6. The summed E-state index contributed by atoms with van der Waals surface area (Å²) in [5, 5.41) is 2.64. The van der Waals surface area contributed by atoms with E-state index in [1.807, 2.05) is 0 Å². The third-order valence-electron chi connectivity index (χ3n) is 3.65. The number of nitrogens with one attached hydrogen (secondary N) is 1. The van der Waals surface area contributed by atoms with E-state index in [9.17, 15) is 18.0 Å². The molecule has 2 rings (SSSR count). The number of amides is 1. The topological polar surface area (TPSA) is 86.8 Å². The normalized spacial score (nSPS) is 11.2. The molecule has 0 radical (unpaired) electrons. The molecule has 1 amide bonds. The lowest BCUT2D eigenvalue weighted by Crippen LogP contribution is -2.44. The fourth-order valence-electron chi connectivity index (χ4n) is 2.22. The summed E-state index contributed by atoms with van der Waals surface area (Å²) in [6.07, 6.45) is 0. The summed E-state index contributed by atoms with van der Waals surface area (Å²) in [5.41, 5.74) is 1.41. The van der Waals surface area contributed by atoms with Gasteiger partial charge >= 0.3 is 10.2 Å². The molecule has 0 aliphatic carbocycles. The van der Waals surface area contributed by atoms with Crippen LogP contribution in [0.15, 0.2) is 54.6 Å². The predicted octanol–water partition coefficient (Wildman–Crippen LogP) is 2.14. The zero-order chi connectivity index (χ0) is 19.3. The maximum atomic E-state index is 12.6. The second-order valence-electron chi connectivity index (χ2n) is 5.81. The smallest absolute Gasteiger partial charge is 0.304 e. The molecular formula is C18H21N3O4S. The Labute approximate surface area is 153 Å². The van der Waals surface area contributed by atoms with Crippen LogP contribution in [0.1, 0.15) is 17.3 Å². The Balaban J connectivity index is 2.20. The quantitative estimate of drug-likeness (QED) is 0.751. The van der Waals surface area contributed by atoms with Gasteiger partial charge in [0, 0.05) is 25.3 Å². The van der Waals surface area contributed by atoms with E-state index in [1.165, 1.54) is 21.0 Å². The fraction of sp³-hybridized carbons (Fsp3) is 0.222. The van der Waals surface area contributed by atoms with Crippen LogP contribution in [0, 0.1) is 0 Å². The number of hydrogen-bond acceptors (Lipinski definition) is 4. The standard InChI is InChI=1S/C18H21N3O4S/c1-14(22)15-9-11-16(12-10-15)19-18(23)13-21(26(24,25)20(2)3)17-7-5-4-6-8-17/h4-12H,13H2,1-3H3,(H,19,23). The first-order valence-electron chi connectivity index (χ1n) is 7.88. The predicted molar refractivity (Wildman–Crippen MR) is 101 cm³/mol. The molecular weight excluding hydrogens is 354 g/mol. The number of anilines is 2. The van der Waals surface area contributed by atoms with Crippen molar-refractivity contribution in [1.82, 2.24) is 4.31 Å². The number of ketones is 1. The van der Waals surface area contributed by atoms with E-state index in [0.717, 1.165) is 8.61 Å². The first-order chi connectivity index (χ1) is 12.2. The summed E-state index contributed by atoms with van der Waals surface area (Å²) < 4.78 is 27.2. The minimum absolute atomic E-state index is 0.0739. The van der Waals surface area contributed by atoms with E-state index in [4.69, 9.17) is 0 Å². The summed E-state index contributed by atoms with van der Waals surface area (Å²) in [5.74, 6) is -0.565. The molecule has 0 atom stereocenters. The lowest BCUT2D eigenvalue weighted by atomic mass is 10.1. The van der Waals surface area contributed by atoms with Gasteiger partial charge in [0.25, 0.3) is 0 Å².